The van der Waals surface area contributed by atoms with E-state index in [4.69, 9.17) is 0 Å². The number of fused-ring (bicyclic) bond motifs is 1. The van der Waals surface area contributed by atoms with E-state index in [0.29, 0.717) is 5.69 Å². The summed E-state index contributed by atoms with van der Waals surface area (Å²) in [5.74, 6) is -0.112. The lowest BCUT2D eigenvalue weighted by Gasteiger charge is -2.29. The second kappa shape index (κ2) is 5.85. The quantitative estimate of drug-likeness (QED) is 0.886. The van der Waals surface area contributed by atoms with Gasteiger partial charge in [0.05, 0.1) is 11.8 Å². The fraction of sp³-hybridized carbons (Fsp3) is 0.500. The van der Waals surface area contributed by atoms with Crippen molar-refractivity contribution >= 4 is 11.6 Å². The SMILES string of the molecule is CCC(C)C(C)(O)CNC(=O)c1cnc2ccc(C)cn12. The summed E-state index contributed by atoms with van der Waals surface area (Å²) in [6.45, 7) is 7.94. The number of carbonyl (C=O) groups excluding carboxylic acids is 1. The monoisotopic (exact) mass is 289 g/mol. The molecule has 5 nitrogen and oxygen atoms in total. The van der Waals surface area contributed by atoms with E-state index in [1.807, 2.05) is 39.1 Å². The van der Waals surface area contributed by atoms with E-state index in [1.54, 1.807) is 17.5 Å². The summed E-state index contributed by atoms with van der Waals surface area (Å²) in [5.41, 5.74) is 1.36. The molecule has 0 bridgehead atoms. The number of hydrogen-bond donors (Lipinski definition) is 2. The Balaban J connectivity index is 2.14. The largest absolute Gasteiger partial charge is 0.388 e. The topological polar surface area (TPSA) is 66.6 Å². The Morgan fingerprint density at radius 2 is 2.24 bits per heavy atom. The van der Waals surface area contributed by atoms with E-state index in [9.17, 15) is 9.90 Å². The van der Waals surface area contributed by atoms with Crippen LogP contribution in [0.25, 0.3) is 5.65 Å². The van der Waals surface area contributed by atoms with Crippen LogP contribution < -0.4 is 5.32 Å². The lowest BCUT2D eigenvalue weighted by molar-refractivity contribution is 0.00587. The van der Waals surface area contributed by atoms with Crippen molar-refractivity contribution in [3.63, 3.8) is 0 Å². The van der Waals surface area contributed by atoms with Gasteiger partial charge in [-0.25, -0.2) is 4.98 Å². The van der Waals surface area contributed by atoms with Crippen LogP contribution in [0.1, 0.15) is 43.2 Å². The molecule has 0 saturated heterocycles. The number of hydrogen-bond acceptors (Lipinski definition) is 3. The van der Waals surface area contributed by atoms with Crippen molar-refractivity contribution in [2.45, 2.75) is 39.7 Å². The second-order valence-electron chi connectivity index (χ2n) is 5.93. The van der Waals surface area contributed by atoms with Crippen LogP contribution in [-0.2, 0) is 0 Å². The molecule has 2 unspecified atom stereocenters. The van der Waals surface area contributed by atoms with Crippen LogP contribution in [0, 0.1) is 12.8 Å². The molecule has 0 fully saturated rings. The number of aromatic nitrogens is 2. The van der Waals surface area contributed by atoms with Crippen LogP contribution in [-0.4, -0.2) is 32.5 Å². The van der Waals surface area contributed by atoms with E-state index in [1.165, 1.54) is 0 Å². The Morgan fingerprint density at radius 3 is 2.90 bits per heavy atom. The van der Waals surface area contributed by atoms with Gasteiger partial charge in [-0.3, -0.25) is 9.20 Å². The van der Waals surface area contributed by atoms with Crippen molar-refractivity contribution in [1.82, 2.24) is 14.7 Å². The Kier molecular flexibility index (Phi) is 4.32. The first-order valence-electron chi connectivity index (χ1n) is 7.29. The Morgan fingerprint density at radius 1 is 1.52 bits per heavy atom. The number of rotatable bonds is 5. The summed E-state index contributed by atoms with van der Waals surface area (Å²) in [4.78, 5) is 16.5. The molecule has 0 aromatic carbocycles. The molecule has 0 aliphatic carbocycles. The average Bonchev–Trinajstić information content (AvgIpc) is 2.86. The summed E-state index contributed by atoms with van der Waals surface area (Å²) >= 11 is 0. The zero-order chi connectivity index (χ0) is 15.6. The minimum absolute atomic E-state index is 0.113. The van der Waals surface area contributed by atoms with Gasteiger partial charge in [-0.05, 0) is 31.4 Å². The third-order valence-electron chi connectivity index (χ3n) is 4.17. The van der Waals surface area contributed by atoms with Gasteiger partial charge >= 0.3 is 0 Å². The molecule has 2 rings (SSSR count). The minimum atomic E-state index is -0.916. The van der Waals surface area contributed by atoms with Crippen LogP contribution in [0.2, 0.25) is 0 Å². The van der Waals surface area contributed by atoms with Gasteiger partial charge in [0.15, 0.2) is 0 Å². The van der Waals surface area contributed by atoms with Gasteiger partial charge in [-0.15, -0.1) is 0 Å². The molecule has 0 radical (unpaired) electrons. The lowest BCUT2D eigenvalue weighted by Crippen LogP contribution is -2.45. The van der Waals surface area contributed by atoms with Crippen molar-refractivity contribution in [3.8, 4) is 0 Å². The minimum Gasteiger partial charge on any atom is -0.388 e. The predicted molar refractivity (Wildman–Crippen MR) is 82.3 cm³/mol. The molecule has 2 aromatic rings. The van der Waals surface area contributed by atoms with Gasteiger partial charge in [0, 0.05) is 12.7 Å². The predicted octanol–water partition coefficient (Wildman–Crippen LogP) is 2.17. The summed E-state index contributed by atoms with van der Waals surface area (Å²) in [6.07, 6.45) is 4.30. The number of imidazole rings is 1. The maximum absolute atomic E-state index is 12.3. The number of aliphatic hydroxyl groups is 1. The van der Waals surface area contributed by atoms with Crippen LogP contribution in [0.4, 0.5) is 0 Å². The molecule has 1 amide bonds. The van der Waals surface area contributed by atoms with Crippen molar-refractivity contribution in [2.75, 3.05) is 6.54 Å². The molecule has 0 spiro atoms. The summed E-state index contributed by atoms with van der Waals surface area (Å²) < 4.78 is 1.77. The van der Waals surface area contributed by atoms with Gasteiger partial charge in [0.2, 0.25) is 0 Å². The van der Waals surface area contributed by atoms with Crippen molar-refractivity contribution in [3.05, 3.63) is 35.8 Å². The molecule has 2 atom stereocenters. The van der Waals surface area contributed by atoms with E-state index >= 15 is 0 Å². The first kappa shape index (κ1) is 15.5. The second-order valence-corrected chi connectivity index (χ2v) is 5.93. The number of pyridine rings is 1. The fourth-order valence-electron chi connectivity index (χ4n) is 2.22. The van der Waals surface area contributed by atoms with Gasteiger partial charge in [-0.1, -0.05) is 26.3 Å². The number of carbonyl (C=O) groups is 1. The van der Waals surface area contributed by atoms with Crippen molar-refractivity contribution in [1.29, 1.82) is 0 Å². The lowest BCUT2D eigenvalue weighted by atomic mass is 9.88. The first-order valence-corrected chi connectivity index (χ1v) is 7.29. The molecule has 114 valence electrons. The zero-order valence-corrected chi connectivity index (χ0v) is 13.1. The maximum atomic E-state index is 12.3. The Hall–Kier alpha value is -1.88. The highest BCUT2D eigenvalue weighted by Gasteiger charge is 2.28. The highest BCUT2D eigenvalue weighted by Crippen LogP contribution is 2.19. The van der Waals surface area contributed by atoms with Crippen molar-refractivity contribution in [2.24, 2.45) is 5.92 Å². The van der Waals surface area contributed by atoms with E-state index in [-0.39, 0.29) is 18.4 Å². The number of nitrogens with one attached hydrogen (secondary N) is 1. The molecule has 2 heterocycles. The standard InChI is InChI=1S/C16H23N3O2/c1-5-12(3)16(4,21)10-18-15(20)13-8-17-14-7-6-11(2)9-19(13)14/h6-9,12,21H,5,10H2,1-4H3,(H,18,20). The number of nitrogens with zero attached hydrogens (tertiary/aromatic N) is 2. The average molecular weight is 289 g/mol. The molecule has 0 aliphatic rings. The van der Waals surface area contributed by atoms with Crippen LogP contribution in [0.5, 0.6) is 0 Å². The molecule has 21 heavy (non-hydrogen) atoms. The maximum Gasteiger partial charge on any atom is 0.270 e. The van der Waals surface area contributed by atoms with Gasteiger partial charge in [0.25, 0.3) is 5.91 Å². The third kappa shape index (κ3) is 3.24. The molecule has 0 saturated carbocycles. The van der Waals surface area contributed by atoms with Crippen molar-refractivity contribution < 1.29 is 9.90 Å². The molecular formula is C16H23N3O2. The smallest absolute Gasteiger partial charge is 0.270 e. The summed E-state index contributed by atoms with van der Waals surface area (Å²) in [7, 11) is 0. The molecule has 2 aromatic heterocycles. The summed E-state index contributed by atoms with van der Waals surface area (Å²) in [6, 6.07) is 3.83. The number of amides is 1. The molecular weight excluding hydrogens is 266 g/mol. The first-order chi connectivity index (χ1) is 9.85. The normalized spacial score (nSPS) is 15.7. The van der Waals surface area contributed by atoms with Gasteiger partial charge in [0.1, 0.15) is 11.3 Å². The van der Waals surface area contributed by atoms with Crippen LogP contribution in [0.3, 0.4) is 0 Å². The van der Waals surface area contributed by atoms with Crippen LogP contribution in [0.15, 0.2) is 24.5 Å². The third-order valence-corrected chi connectivity index (χ3v) is 4.17. The Labute approximate surface area is 125 Å². The molecule has 5 heteroatoms. The van der Waals surface area contributed by atoms with Gasteiger partial charge in [-0.2, -0.15) is 0 Å². The summed E-state index contributed by atoms with van der Waals surface area (Å²) in [5, 5.41) is 13.2. The number of aryl methyl sites for hydroxylation is 1. The molecule has 2 N–H and O–H groups in total. The Bertz CT molecular complexity index is 646. The fourth-order valence-corrected chi connectivity index (χ4v) is 2.22. The van der Waals surface area contributed by atoms with E-state index in [0.717, 1.165) is 17.6 Å². The zero-order valence-electron chi connectivity index (χ0n) is 13.1. The van der Waals surface area contributed by atoms with E-state index in [2.05, 4.69) is 10.3 Å². The highest BCUT2D eigenvalue weighted by atomic mass is 16.3. The highest BCUT2D eigenvalue weighted by molar-refractivity contribution is 5.93. The van der Waals surface area contributed by atoms with E-state index < -0.39 is 5.60 Å². The van der Waals surface area contributed by atoms with Gasteiger partial charge < -0.3 is 10.4 Å². The van der Waals surface area contributed by atoms with Crippen LogP contribution >= 0.6 is 0 Å². The molecule has 0 aliphatic heterocycles.